The first-order chi connectivity index (χ1) is 7.63. The van der Waals surface area contributed by atoms with E-state index in [1.54, 1.807) is 6.07 Å². The van der Waals surface area contributed by atoms with Crippen molar-refractivity contribution in [2.24, 2.45) is 0 Å². The highest BCUT2D eigenvalue weighted by atomic mass is 35.5. The van der Waals surface area contributed by atoms with Crippen molar-refractivity contribution in [1.29, 1.82) is 5.26 Å². The van der Waals surface area contributed by atoms with Gasteiger partial charge in [-0.05, 0) is 17.7 Å². The monoisotopic (exact) mass is 307 g/mol. The maximum atomic E-state index is 8.40. The highest BCUT2D eigenvalue weighted by Gasteiger charge is 2.02. The van der Waals surface area contributed by atoms with Crippen molar-refractivity contribution >= 4 is 62.5 Å². The van der Waals surface area contributed by atoms with Gasteiger partial charge < -0.3 is 0 Å². The van der Waals surface area contributed by atoms with E-state index in [2.05, 4.69) is 0 Å². The van der Waals surface area contributed by atoms with Crippen LogP contribution in [0.15, 0.2) is 18.2 Å². The third-order valence-electron chi connectivity index (χ3n) is 1.60. The third-order valence-corrected chi connectivity index (χ3v) is 4.97. The van der Waals surface area contributed by atoms with E-state index >= 15 is 0 Å². The molecule has 0 aliphatic rings. The molecule has 16 heavy (non-hydrogen) atoms. The van der Waals surface area contributed by atoms with E-state index in [4.69, 9.17) is 40.7 Å². The van der Waals surface area contributed by atoms with Crippen molar-refractivity contribution in [3.63, 3.8) is 0 Å². The van der Waals surface area contributed by atoms with Crippen LogP contribution in [0.2, 0.25) is 10.0 Å². The van der Waals surface area contributed by atoms with Gasteiger partial charge in [0.05, 0.1) is 21.9 Å². The van der Waals surface area contributed by atoms with Gasteiger partial charge in [-0.1, -0.05) is 53.2 Å². The quantitative estimate of drug-likeness (QED) is 0.751. The Kier molecular flexibility index (Phi) is 6.55. The second-order valence-corrected chi connectivity index (χ2v) is 6.70. The Hall–Kier alpha value is 0.0800. The second-order valence-electron chi connectivity index (χ2n) is 2.73. The molecule has 0 atom stereocenters. The molecule has 1 aromatic rings. The largest absolute Gasteiger partial charge is 0.197 e. The zero-order chi connectivity index (χ0) is 12.0. The second kappa shape index (κ2) is 7.41. The molecule has 1 rings (SSSR count). The van der Waals surface area contributed by atoms with Gasteiger partial charge in [-0.2, -0.15) is 5.26 Å². The molecule has 0 unspecified atom stereocenters. The Morgan fingerprint density at radius 3 is 2.69 bits per heavy atom. The van der Waals surface area contributed by atoms with Crippen molar-refractivity contribution in [2.75, 3.05) is 5.75 Å². The molecular formula is C10H7Cl2NS3. The fraction of sp³-hybridized carbons (Fsp3) is 0.200. The number of nitrogens with zero attached hydrogens (tertiary/aromatic N) is 1. The van der Waals surface area contributed by atoms with Crippen molar-refractivity contribution in [3.8, 4) is 6.07 Å². The first kappa shape index (κ1) is 14.1. The summed E-state index contributed by atoms with van der Waals surface area (Å²) in [6.45, 7) is 0. The fourth-order valence-corrected chi connectivity index (χ4v) is 2.91. The lowest BCUT2D eigenvalue weighted by Crippen LogP contribution is -1.86. The van der Waals surface area contributed by atoms with Crippen LogP contribution in [0.1, 0.15) is 5.56 Å². The number of halogens is 2. The molecule has 0 aliphatic heterocycles. The van der Waals surface area contributed by atoms with Gasteiger partial charge in [0.1, 0.15) is 3.53 Å². The fourth-order valence-electron chi connectivity index (χ4n) is 0.905. The predicted molar refractivity (Wildman–Crippen MR) is 78.4 cm³/mol. The summed E-state index contributed by atoms with van der Waals surface area (Å²) < 4.78 is 0.771. The van der Waals surface area contributed by atoms with Crippen LogP contribution in [-0.2, 0) is 5.75 Å². The molecule has 0 heterocycles. The van der Waals surface area contributed by atoms with Gasteiger partial charge in [0.15, 0.2) is 0 Å². The molecule has 0 aliphatic carbocycles. The number of rotatable bonds is 3. The van der Waals surface area contributed by atoms with Gasteiger partial charge in [0.2, 0.25) is 0 Å². The van der Waals surface area contributed by atoms with Gasteiger partial charge in [-0.25, -0.2) is 0 Å². The van der Waals surface area contributed by atoms with Crippen LogP contribution in [0.25, 0.3) is 0 Å². The standard InChI is InChI=1S/C10H7Cl2NS3/c11-8-2-1-7(5-9(8)12)6-16-10(14)15-4-3-13/h1-2,5H,4,6H2. The molecule has 0 saturated heterocycles. The average Bonchev–Trinajstić information content (AvgIpc) is 2.28. The van der Waals surface area contributed by atoms with Crippen LogP contribution in [0, 0.1) is 11.3 Å². The van der Waals surface area contributed by atoms with Crippen LogP contribution in [0.5, 0.6) is 0 Å². The number of thiocarbonyl (C=S) groups is 1. The van der Waals surface area contributed by atoms with Crippen molar-refractivity contribution in [3.05, 3.63) is 33.8 Å². The van der Waals surface area contributed by atoms with E-state index in [1.807, 2.05) is 18.2 Å². The molecule has 6 heteroatoms. The highest BCUT2D eigenvalue weighted by Crippen LogP contribution is 2.26. The van der Waals surface area contributed by atoms with E-state index in [-0.39, 0.29) is 0 Å². The Balaban J connectivity index is 2.46. The number of hydrogen-bond donors (Lipinski definition) is 0. The van der Waals surface area contributed by atoms with Crippen molar-refractivity contribution in [1.82, 2.24) is 0 Å². The van der Waals surface area contributed by atoms with Crippen LogP contribution in [-0.4, -0.2) is 9.28 Å². The number of hydrogen-bond acceptors (Lipinski definition) is 4. The molecule has 0 fully saturated rings. The lowest BCUT2D eigenvalue weighted by Gasteiger charge is -2.03. The predicted octanol–water partition coefficient (Wildman–Crippen LogP) is 4.77. The summed E-state index contributed by atoms with van der Waals surface area (Å²) in [5.74, 6) is 1.14. The first-order valence-electron chi connectivity index (χ1n) is 4.24. The molecule has 84 valence electrons. The molecule has 0 N–H and O–H groups in total. The lowest BCUT2D eigenvalue weighted by atomic mass is 10.2. The van der Waals surface area contributed by atoms with Crippen LogP contribution in [0.3, 0.4) is 0 Å². The van der Waals surface area contributed by atoms with Crippen LogP contribution >= 0.6 is 58.9 Å². The molecule has 0 aromatic heterocycles. The summed E-state index contributed by atoms with van der Waals surface area (Å²) in [6, 6.07) is 7.55. The van der Waals surface area contributed by atoms with Crippen molar-refractivity contribution in [2.45, 2.75) is 5.75 Å². The molecule has 1 aromatic carbocycles. The lowest BCUT2D eigenvalue weighted by molar-refractivity contribution is 1.43. The molecular weight excluding hydrogens is 301 g/mol. The summed E-state index contributed by atoms with van der Waals surface area (Å²) in [6.07, 6.45) is 0. The molecule has 0 spiro atoms. The van der Waals surface area contributed by atoms with Gasteiger partial charge in [-0.3, -0.25) is 0 Å². The zero-order valence-electron chi connectivity index (χ0n) is 8.07. The minimum Gasteiger partial charge on any atom is -0.197 e. The SMILES string of the molecule is N#CCSC(=S)SCc1ccc(Cl)c(Cl)c1. The summed E-state index contributed by atoms with van der Waals surface area (Å²) >= 11 is 19.7. The molecule has 0 radical (unpaired) electrons. The maximum absolute atomic E-state index is 8.40. The van der Waals surface area contributed by atoms with Crippen LogP contribution < -0.4 is 0 Å². The number of benzene rings is 1. The minimum absolute atomic E-state index is 0.396. The van der Waals surface area contributed by atoms with Crippen molar-refractivity contribution < 1.29 is 0 Å². The molecule has 0 bridgehead atoms. The Labute approximate surface area is 118 Å². The topological polar surface area (TPSA) is 23.8 Å². The number of thioether (sulfide) groups is 2. The summed E-state index contributed by atoms with van der Waals surface area (Å²) in [4.78, 5) is 0. The van der Waals surface area contributed by atoms with Gasteiger partial charge >= 0.3 is 0 Å². The van der Waals surface area contributed by atoms with Gasteiger partial charge in [-0.15, -0.1) is 11.8 Å². The molecule has 0 amide bonds. The minimum atomic E-state index is 0.396. The Morgan fingerprint density at radius 2 is 2.06 bits per heavy atom. The van der Waals surface area contributed by atoms with E-state index < -0.39 is 0 Å². The third kappa shape index (κ3) is 4.94. The average molecular weight is 308 g/mol. The Morgan fingerprint density at radius 1 is 1.31 bits per heavy atom. The van der Waals surface area contributed by atoms with E-state index in [1.165, 1.54) is 23.5 Å². The normalized spacial score (nSPS) is 9.81. The van der Waals surface area contributed by atoms with E-state index in [0.717, 1.165) is 14.8 Å². The van der Waals surface area contributed by atoms with Gasteiger partial charge in [0, 0.05) is 5.75 Å². The highest BCUT2D eigenvalue weighted by molar-refractivity contribution is 8.47. The zero-order valence-corrected chi connectivity index (χ0v) is 12.0. The summed E-state index contributed by atoms with van der Waals surface area (Å²) in [5.41, 5.74) is 1.07. The first-order valence-corrected chi connectivity index (χ1v) is 7.37. The Bertz CT molecular complexity index is 429. The smallest absolute Gasteiger partial charge is 0.105 e. The molecule has 0 saturated carbocycles. The van der Waals surface area contributed by atoms with E-state index in [0.29, 0.717) is 15.8 Å². The summed E-state index contributed by atoms with van der Waals surface area (Å²) in [5, 5.41) is 9.50. The van der Waals surface area contributed by atoms with Gasteiger partial charge in [0.25, 0.3) is 0 Å². The molecule has 1 nitrogen and oxygen atoms in total. The maximum Gasteiger partial charge on any atom is 0.105 e. The van der Waals surface area contributed by atoms with E-state index in [9.17, 15) is 0 Å². The van der Waals surface area contributed by atoms with Crippen LogP contribution in [0.4, 0.5) is 0 Å². The number of nitriles is 1. The summed E-state index contributed by atoms with van der Waals surface area (Å²) in [7, 11) is 0.